The van der Waals surface area contributed by atoms with Crippen molar-refractivity contribution in [1.82, 2.24) is 9.80 Å². The monoisotopic (exact) mass is 580 g/mol. The van der Waals surface area contributed by atoms with Gasteiger partial charge in [0.2, 0.25) is 0 Å². The molecule has 0 bridgehead atoms. The van der Waals surface area contributed by atoms with Gasteiger partial charge >= 0.3 is 169 Å². The number of halogens is 2. The van der Waals surface area contributed by atoms with Crippen LogP contribution in [0.5, 0.6) is 0 Å². The van der Waals surface area contributed by atoms with Crippen LogP contribution in [-0.4, -0.2) is 64.7 Å². The zero-order valence-corrected chi connectivity index (χ0v) is 19.2. The molecule has 0 saturated heterocycles. The number of nitrogens with zero attached hydrogens (tertiary/aromatic N) is 2. The van der Waals surface area contributed by atoms with Crippen LogP contribution in [0.2, 0.25) is 0 Å². The first-order valence-electron chi connectivity index (χ1n) is 6.96. The van der Waals surface area contributed by atoms with Crippen LogP contribution in [0, 0.1) is 0 Å². The number of amides is 2. The SMILES string of the molecule is CN1C(=O)C2=C(c3ccc(Br)[se]3)N(C)C(=O)C2=C1c1ccc(Br)[se]1. The molecule has 0 aliphatic carbocycles. The van der Waals surface area contributed by atoms with Crippen molar-refractivity contribution in [2.24, 2.45) is 0 Å². The molecule has 2 aliphatic heterocycles. The van der Waals surface area contributed by atoms with Crippen LogP contribution in [0.4, 0.5) is 0 Å². The van der Waals surface area contributed by atoms with E-state index in [1.165, 1.54) is 0 Å². The summed E-state index contributed by atoms with van der Waals surface area (Å²) in [6.45, 7) is 0. The third kappa shape index (κ3) is 2.36. The number of carbonyl (C=O) groups is 2. The van der Waals surface area contributed by atoms with E-state index in [1.54, 1.807) is 23.9 Å². The number of hydrogen-bond donors (Lipinski definition) is 0. The summed E-state index contributed by atoms with van der Waals surface area (Å²) < 4.78 is 4.35. The van der Waals surface area contributed by atoms with Gasteiger partial charge in [-0.25, -0.2) is 0 Å². The van der Waals surface area contributed by atoms with Crippen LogP contribution in [0.25, 0.3) is 11.4 Å². The Bertz CT molecular complexity index is 892. The van der Waals surface area contributed by atoms with Gasteiger partial charge in [-0.15, -0.1) is 0 Å². The van der Waals surface area contributed by atoms with Crippen LogP contribution < -0.4 is 0 Å². The Kier molecular flexibility index (Phi) is 4.19. The molecule has 24 heavy (non-hydrogen) atoms. The molecule has 0 fully saturated rings. The molecule has 122 valence electrons. The van der Waals surface area contributed by atoms with Crippen molar-refractivity contribution in [2.45, 2.75) is 0 Å². The molecular formula is C16H10Br2N2O2Se2. The van der Waals surface area contributed by atoms with Crippen LogP contribution in [0.15, 0.2) is 42.1 Å². The van der Waals surface area contributed by atoms with Gasteiger partial charge in [-0.3, -0.25) is 0 Å². The van der Waals surface area contributed by atoms with Gasteiger partial charge in [-0.2, -0.15) is 0 Å². The van der Waals surface area contributed by atoms with Gasteiger partial charge in [0.05, 0.1) is 0 Å². The Balaban J connectivity index is 2.00. The minimum absolute atomic E-state index is 0.0906. The molecule has 2 aliphatic rings. The number of likely N-dealkylation sites (N-methyl/N-ethyl adjacent to an activating group) is 2. The average molecular weight is 580 g/mol. The van der Waals surface area contributed by atoms with E-state index in [1.807, 2.05) is 24.3 Å². The molecule has 0 aromatic carbocycles. The molecule has 4 heterocycles. The zero-order chi connectivity index (χ0) is 17.2. The minimum atomic E-state index is -0.0906. The van der Waals surface area contributed by atoms with Gasteiger partial charge in [-0.05, 0) is 0 Å². The van der Waals surface area contributed by atoms with Crippen molar-refractivity contribution < 1.29 is 9.59 Å². The summed E-state index contributed by atoms with van der Waals surface area (Å²) in [5.74, 6) is -0.181. The number of fused-ring (bicyclic) bond motifs is 1. The van der Waals surface area contributed by atoms with E-state index < -0.39 is 0 Å². The van der Waals surface area contributed by atoms with Crippen molar-refractivity contribution >= 4 is 84.1 Å². The quantitative estimate of drug-likeness (QED) is 0.513. The van der Waals surface area contributed by atoms with Crippen LogP contribution in [0.1, 0.15) is 8.87 Å². The summed E-state index contributed by atoms with van der Waals surface area (Å²) in [6.07, 6.45) is 0. The van der Waals surface area contributed by atoms with Gasteiger partial charge in [0.1, 0.15) is 0 Å². The van der Waals surface area contributed by atoms with Crippen molar-refractivity contribution in [3.8, 4) is 0 Å². The Hall–Kier alpha value is -0.621. The molecule has 4 rings (SSSR count). The molecule has 4 nitrogen and oxygen atoms in total. The Morgan fingerprint density at radius 3 is 1.42 bits per heavy atom. The molecular weight excluding hydrogens is 570 g/mol. The van der Waals surface area contributed by atoms with Crippen LogP contribution in [-0.2, 0) is 9.59 Å². The second kappa shape index (κ2) is 5.97. The predicted octanol–water partition coefficient (Wildman–Crippen LogP) is 2.39. The van der Waals surface area contributed by atoms with E-state index in [0.29, 0.717) is 11.1 Å². The summed E-state index contributed by atoms with van der Waals surface area (Å²) in [4.78, 5) is 29.1. The summed E-state index contributed by atoms with van der Waals surface area (Å²) >= 11 is 7.22. The molecule has 0 radical (unpaired) electrons. The average Bonchev–Trinajstić information content (AvgIpc) is 3.25. The van der Waals surface area contributed by atoms with Crippen LogP contribution in [0.3, 0.4) is 0 Å². The fourth-order valence-corrected chi connectivity index (χ4v) is 8.50. The summed E-state index contributed by atoms with van der Waals surface area (Å²) in [7, 11) is 3.51. The van der Waals surface area contributed by atoms with Gasteiger partial charge in [0.15, 0.2) is 0 Å². The summed E-state index contributed by atoms with van der Waals surface area (Å²) in [6, 6.07) is 8.00. The van der Waals surface area contributed by atoms with E-state index in [2.05, 4.69) is 31.9 Å². The van der Waals surface area contributed by atoms with Gasteiger partial charge in [0.25, 0.3) is 0 Å². The van der Waals surface area contributed by atoms with Gasteiger partial charge in [-0.1, -0.05) is 0 Å². The van der Waals surface area contributed by atoms with E-state index in [4.69, 9.17) is 0 Å². The molecule has 8 heteroatoms. The van der Waals surface area contributed by atoms with E-state index in [9.17, 15) is 9.59 Å². The van der Waals surface area contributed by atoms with E-state index in [0.717, 1.165) is 27.0 Å². The number of hydrogen-bond acceptors (Lipinski definition) is 2. The van der Waals surface area contributed by atoms with Gasteiger partial charge in [0, 0.05) is 0 Å². The molecule has 0 N–H and O–H groups in total. The molecule has 0 saturated carbocycles. The standard InChI is InChI=1S/C16H10Br2N2O2Se2/c1-19-13(7-3-5-9(17)23-7)11-12(15(19)21)14(20(2)16(11)22)8-4-6-10(18)24-8/h3-6H,1-2H3. The van der Waals surface area contributed by atoms with E-state index >= 15 is 0 Å². The summed E-state index contributed by atoms with van der Waals surface area (Å²) in [5, 5.41) is 0. The predicted molar refractivity (Wildman–Crippen MR) is 102 cm³/mol. The first kappa shape index (κ1) is 16.8. The Morgan fingerprint density at radius 2 is 1.12 bits per heavy atom. The van der Waals surface area contributed by atoms with E-state index in [-0.39, 0.29) is 40.8 Å². The normalized spacial score (nSPS) is 17.7. The molecule has 0 spiro atoms. The summed E-state index contributed by atoms with van der Waals surface area (Å²) in [5.41, 5.74) is 2.66. The topological polar surface area (TPSA) is 40.6 Å². The fourth-order valence-electron chi connectivity index (χ4n) is 2.99. The Labute approximate surface area is 167 Å². The third-order valence-electron chi connectivity index (χ3n) is 4.04. The van der Waals surface area contributed by atoms with Crippen molar-refractivity contribution in [3.05, 3.63) is 51.0 Å². The van der Waals surface area contributed by atoms with Gasteiger partial charge < -0.3 is 0 Å². The second-order valence-corrected chi connectivity index (χ2v) is 14.0. The molecule has 2 amide bonds. The second-order valence-electron chi connectivity index (χ2n) is 5.38. The third-order valence-corrected chi connectivity index (χ3v) is 9.95. The Morgan fingerprint density at radius 1 is 0.750 bits per heavy atom. The molecule has 0 unspecified atom stereocenters. The maximum absolute atomic E-state index is 12.9. The number of rotatable bonds is 2. The van der Waals surface area contributed by atoms with Crippen LogP contribution >= 0.6 is 31.9 Å². The molecule has 0 atom stereocenters. The maximum atomic E-state index is 12.9. The zero-order valence-electron chi connectivity index (χ0n) is 12.6. The van der Waals surface area contributed by atoms with Crippen molar-refractivity contribution in [3.63, 3.8) is 0 Å². The molecule has 2 aromatic heterocycles. The first-order chi connectivity index (χ1) is 11.4. The fraction of sp³-hybridized carbons (Fsp3) is 0.125. The number of carbonyl (C=O) groups excluding carboxylic acids is 2. The van der Waals surface area contributed by atoms with Crippen molar-refractivity contribution in [1.29, 1.82) is 0 Å². The first-order valence-corrected chi connectivity index (χ1v) is 12.0. The van der Waals surface area contributed by atoms with Crippen molar-refractivity contribution in [2.75, 3.05) is 14.1 Å². The molecule has 2 aromatic rings.